The Morgan fingerprint density at radius 1 is 1.06 bits per heavy atom. The molecule has 3 heterocycles. The van der Waals surface area contributed by atoms with Crippen molar-refractivity contribution in [3.8, 4) is 12.1 Å². The molecule has 0 aliphatic carbocycles. The largest absolute Gasteiger partial charge is 0.351 e. The molecule has 1 aromatic heterocycles. The molecule has 150 valence electrons. The number of carbonyl (C=O) groups is 1. The fourth-order valence-corrected chi connectivity index (χ4v) is 5.64. The molecule has 2 aliphatic heterocycles. The second kappa shape index (κ2) is 7.23. The highest BCUT2D eigenvalue weighted by atomic mass is 32.1. The van der Waals surface area contributed by atoms with Crippen LogP contribution in [0.4, 0.5) is 5.69 Å². The van der Waals surface area contributed by atoms with Crippen molar-refractivity contribution in [1.29, 1.82) is 10.5 Å². The number of hydrogen-bond donors (Lipinski definition) is 0. The van der Waals surface area contributed by atoms with Crippen LogP contribution in [-0.2, 0) is 0 Å². The first-order chi connectivity index (χ1) is 15.1. The van der Waals surface area contributed by atoms with Crippen molar-refractivity contribution < 1.29 is 4.79 Å². The molecule has 0 unspecified atom stereocenters. The van der Waals surface area contributed by atoms with E-state index in [1.165, 1.54) is 11.3 Å². The zero-order valence-corrected chi connectivity index (χ0v) is 17.7. The number of fused-ring (bicyclic) bond motifs is 3. The molecule has 0 radical (unpaired) electrons. The molecule has 5 rings (SSSR count). The smallest absolute Gasteiger partial charge is 0.185 e. The van der Waals surface area contributed by atoms with E-state index in [4.69, 9.17) is 0 Å². The lowest BCUT2D eigenvalue weighted by atomic mass is 9.69. The summed E-state index contributed by atoms with van der Waals surface area (Å²) >= 11 is 1.51. The van der Waals surface area contributed by atoms with E-state index < -0.39 is 23.4 Å². The Kier molecular flexibility index (Phi) is 4.50. The van der Waals surface area contributed by atoms with Gasteiger partial charge in [0, 0.05) is 17.2 Å². The van der Waals surface area contributed by atoms with E-state index in [-0.39, 0.29) is 5.78 Å². The second-order valence-electron chi connectivity index (χ2n) is 8.07. The summed E-state index contributed by atoms with van der Waals surface area (Å²) in [6.45, 7) is 1.98. The van der Waals surface area contributed by atoms with E-state index in [1.807, 2.05) is 89.3 Å². The summed E-state index contributed by atoms with van der Waals surface area (Å²) in [6.07, 6.45) is 3.87. The fraction of sp³-hybridized carbons (Fsp3) is 0.192. The quantitative estimate of drug-likeness (QED) is 0.535. The monoisotopic (exact) mass is 421 g/mol. The van der Waals surface area contributed by atoms with Crippen LogP contribution in [0.5, 0.6) is 0 Å². The average molecular weight is 422 g/mol. The lowest BCUT2D eigenvalue weighted by Crippen LogP contribution is -2.44. The maximum absolute atomic E-state index is 14.0. The number of benzene rings is 2. The Morgan fingerprint density at radius 3 is 2.48 bits per heavy atom. The number of nitrogens with zero attached hydrogens (tertiary/aromatic N) is 3. The van der Waals surface area contributed by atoms with Crippen LogP contribution in [0.25, 0.3) is 6.08 Å². The summed E-state index contributed by atoms with van der Waals surface area (Å²) in [5.74, 6) is -0.637. The van der Waals surface area contributed by atoms with Crippen LogP contribution in [-0.4, -0.2) is 17.9 Å². The number of rotatable bonds is 3. The third-order valence-electron chi connectivity index (χ3n) is 6.42. The Hall–Kier alpha value is -3.67. The van der Waals surface area contributed by atoms with E-state index in [2.05, 4.69) is 12.1 Å². The number of thiophene rings is 1. The van der Waals surface area contributed by atoms with Gasteiger partial charge < -0.3 is 4.90 Å². The molecule has 3 atom stereocenters. The van der Waals surface area contributed by atoms with Crippen LogP contribution in [0.1, 0.15) is 33.0 Å². The first kappa shape index (κ1) is 19.3. The minimum atomic E-state index is -1.38. The molecule has 0 amide bonds. The number of ketones is 1. The SMILES string of the molecule is Cc1ccc(C(=O)[C@@H]2[C@@H](c3ccsc3)C(C#N)(C#N)[C@@H]3C=Cc4ccccc4N23)cc1. The van der Waals surface area contributed by atoms with Crippen molar-refractivity contribution >= 4 is 28.9 Å². The van der Waals surface area contributed by atoms with Crippen molar-refractivity contribution in [3.63, 3.8) is 0 Å². The standard InChI is InChI=1S/C26H19N3OS/c1-17-6-8-19(9-7-17)25(30)24-23(20-12-13-31-14-20)26(15-27,16-28)22-11-10-18-4-2-3-5-21(18)29(22)24/h2-14,22-24H,1H3/t22-,23+,24-/m0/s1. The van der Waals surface area contributed by atoms with E-state index in [1.54, 1.807) is 0 Å². The van der Waals surface area contributed by atoms with E-state index in [0.29, 0.717) is 5.56 Å². The average Bonchev–Trinajstić information content (AvgIpc) is 3.43. The summed E-state index contributed by atoms with van der Waals surface area (Å²) in [5.41, 5.74) is 3.01. The van der Waals surface area contributed by atoms with Crippen LogP contribution in [0.3, 0.4) is 0 Å². The van der Waals surface area contributed by atoms with Crippen molar-refractivity contribution in [1.82, 2.24) is 0 Å². The number of Topliss-reactive ketones (excluding diaryl/α,β-unsaturated/α-hetero) is 1. The normalized spacial score (nSPS) is 22.8. The van der Waals surface area contributed by atoms with Gasteiger partial charge in [0.05, 0.1) is 18.2 Å². The van der Waals surface area contributed by atoms with Gasteiger partial charge in [0.25, 0.3) is 0 Å². The van der Waals surface area contributed by atoms with Crippen LogP contribution in [0.15, 0.2) is 71.4 Å². The van der Waals surface area contributed by atoms with E-state index >= 15 is 0 Å². The first-order valence-corrected chi connectivity index (χ1v) is 11.1. The Morgan fingerprint density at radius 2 is 1.81 bits per heavy atom. The molecule has 3 aromatic rings. The van der Waals surface area contributed by atoms with Crippen LogP contribution >= 0.6 is 11.3 Å². The third-order valence-corrected chi connectivity index (χ3v) is 7.12. The summed E-state index contributed by atoms with van der Waals surface area (Å²) in [7, 11) is 0. The third kappa shape index (κ3) is 2.75. The number of nitriles is 2. The van der Waals surface area contributed by atoms with Crippen LogP contribution in [0.2, 0.25) is 0 Å². The molecule has 31 heavy (non-hydrogen) atoms. The molecule has 2 aliphatic rings. The van der Waals surface area contributed by atoms with E-state index in [9.17, 15) is 15.3 Å². The number of carbonyl (C=O) groups excluding carboxylic acids is 1. The van der Waals surface area contributed by atoms with Crippen molar-refractivity contribution in [2.75, 3.05) is 4.90 Å². The second-order valence-corrected chi connectivity index (χ2v) is 8.85. The molecular formula is C26H19N3OS. The fourth-order valence-electron chi connectivity index (χ4n) is 4.95. The highest BCUT2D eigenvalue weighted by Crippen LogP contribution is 2.55. The van der Waals surface area contributed by atoms with Gasteiger partial charge in [-0.3, -0.25) is 4.79 Å². The maximum Gasteiger partial charge on any atom is 0.185 e. The maximum atomic E-state index is 14.0. The van der Waals surface area contributed by atoms with Crippen molar-refractivity contribution in [2.24, 2.45) is 5.41 Å². The minimum absolute atomic E-state index is 0.0707. The number of aryl methyl sites for hydroxylation is 1. The van der Waals surface area contributed by atoms with Gasteiger partial charge in [0.2, 0.25) is 0 Å². The number of para-hydroxylation sites is 1. The Balaban J connectivity index is 1.77. The van der Waals surface area contributed by atoms with Gasteiger partial charge in [-0.05, 0) is 40.9 Å². The minimum Gasteiger partial charge on any atom is -0.351 e. The predicted molar refractivity (Wildman–Crippen MR) is 122 cm³/mol. The molecule has 0 bridgehead atoms. The van der Waals surface area contributed by atoms with E-state index in [0.717, 1.165) is 22.4 Å². The van der Waals surface area contributed by atoms with Gasteiger partial charge in [-0.1, -0.05) is 60.2 Å². The van der Waals surface area contributed by atoms with Gasteiger partial charge in [-0.15, -0.1) is 0 Å². The van der Waals surface area contributed by atoms with Gasteiger partial charge >= 0.3 is 0 Å². The molecule has 0 spiro atoms. The number of anilines is 1. The Labute approximate surface area is 185 Å². The summed E-state index contributed by atoms with van der Waals surface area (Å²) in [4.78, 5) is 16.0. The molecular weight excluding hydrogens is 402 g/mol. The number of hydrogen-bond acceptors (Lipinski definition) is 5. The predicted octanol–water partition coefficient (Wildman–Crippen LogP) is 5.34. The highest BCUT2D eigenvalue weighted by Gasteiger charge is 2.63. The molecule has 4 nitrogen and oxygen atoms in total. The molecule has 2 aromatic carbocycles. The molecule has 5 heteroatoms. The van der Waals surface area contributed by atoms with Crippen molar-refractivity contribution in [3.05, 3.63) is 93.7 Å². The first-order valence-electron chi connectivity index (χ1n) is 10.1. The Bertz CT molecular complexity index is 1250. The van der Waals surface area contributed by atoms with Crippen LogP contribution < -0.4 is 4.90 Å². The molecule has 1 saturated heterocycles. The molecule has 1 fully saturated rings. The summed E-state index contributed by atoms with van der Waals surface area (Å²) in [6, 6.07) is 20.8. The zero-order chi connectivity index (χ0) is 21.6. The highest BCUT2D eigenvalue weighted by molar-refractivity contribution is 7.08. The zero-order valence-electron chi connectivity index (χ0n) is 16.9. The summed E-state index contributed by atoms with van der Waals surface area (Å²) in [5, 5.41) is 24.6. The van der Waals surface area contributed by atoms with Gasteiger partial charge in [-0.25, -0.2) is 0 Å². The van der Waals surface area contributed by atoms with Gasteiger partial charge in [0.1, 0.15) is 6.04 Å². The molecule has 0 saturated carbocycles. The summed E-state index contributed by atoms with van der Waals surface area (Å²) < 4.78 is 0. The molecule has 0 N–H and O–H groups in total. The van der Waals surface area contributed by atoms with Crippen molar-refractivity contribution in [2.45, 2.75) is 24.9 Å². The topological polar surface area (TPSA) is 67.9 Å². The lowest BCUT2D eigenvalue weighted by Gasteiger charge is -2.35. The lowest BCUT2D eigenvalue weighted by molar-refractivity contribution is 0.0951. The van der Waals surface area contributed by atoms with Gasteiger partial charge in [-0.2, -0.15) is 21.9 Å². The van der Waals surface area contributed by atoms with Gasteiger partial charge in [0.15, 0.2) is 11.2 Å². The van der Waals surface area contributed by atoms with Crippen LogP contribution in [0, 0.1) is 35.0 Å².